The number of unbranched alkanes of at least 4 members (excludes halogenated alkanes) is 3. The van der Waals surface area contributed by atoms with Crippen molar-refractivity contribution in [2.75, 3.05) is 26.2 Å². The van der Waals surface area contributed by atoms with Gasteiger partial charge in [-0.2, -0.15) is 5.10 Å². The minimum Gasteiger partial charge on any atom is -0.351 e. The van der Waals surface area contributed by atoms with Crippen LogP contribution in [0, 0.1) is 0 Å². The van der Waals surface area contributed by atoms with E-state index >= 15 is 0 Å². The quantitative estimate of drug-likeness (QED) is 0.307. The summed E-state index contributed by atoms with van der Waals surface area (Å²) in [6.45, 7) is 11.4. The minimum absolute atomic E-state index is 0.0235. The van der Waals surface area contributed by atoms with Gasteiger partial charge in [0.05, 0.1) is 12.2 Å². The molecule has 1 spiro atoms. The molecule has 39 heavy (non-hydrogen) atoms. The molecule has 0 saturated carbocycles. The topological polar surface area (TPSA) is 50.2 Å². The molecule has 1 fully saturated rings. The Kier molecular flexibility index (Phi) is 8.56. The average molecular weight is 527 g/mol. The van der Waals surface area contributed by atoms with Crippen LogP contribution in [0.25, 0.3) is 0 Å². The fourth-order valence-corrected chi connectivity index (χ4v) is 6.44. The summed E-state index contributed by atoms with van der Waals surface area (Å²) >= 11 is 0. The van der Waals surface area contributed by atoms with Crippen LogP contribution in [0.2, 0.25) is 0 Å². The number of carbonyl (C=O) groups is 1. The van der Waals surface area contributed by atoms with Gasteiger partial charge in [0.1, 0.15) is 5.69 Å². The maximum Gasteiger partial charge on any atom is 0.269 e. The first kappa shape index (κ1) is 27.6. The number of hydrogen-bond donors (Lipinski definition) is 1. The minimum atomic E-state index is -0.104. The monoisotopic (exact) mass is 526 g/mol. The van der Waals surface area contributed by atoms with Crippen LogP contribution >= 0.6 is 0 Å². The highest BCUT2D eigenvalue weighted by molar-refractivity contribution is 5.92. The Hall–Kier alpha value is -2.92. The molecule has 2 aromatic carbocycles. The fraction of sp³-hybridized carbons (Fsp3) is 0.529. The molecule has 3 aromatic rings. The molecule has 2 aliphatic rings. The number of piperidine rings is 1. The van der Waals surface area contributed by atoms with E-state index in [0.29, 0.717) is 24.2 Å². The predicted molar refractivity (Wildman–Crippen MR) is 159 cm³/mol. The van der Waals surface area contributed by atoms with Gasteiger partial charge in [-0.25, -0.2) is 0 Å². The lowest BCUT2D eigenvalue weighted by Gasteiger charge is -2.40. The Bertz CT molecular complexity index is 1230. The molecule has 0 atom stereocenters. The third-order valence-corrected chi connectivity index (χ3v) is 8.92. The largest absolute Gasteiger partial charge is 0.351 e. The van der Waals surface area contributed by atoms with E-state index in [9.17, 15) is 4.79 Å². The van der Waals surface area contributed by atoms with E-state index in [1.165, 1.54) is 58.2 Å². The van der Waals surface area contributed by atoms with E-state index in [1.54, 1.807) is 11.1 Å². The lowest BCUT2D eigenvalue weighted by atomic mass is 9.74. The number of aromatic nitrogens is 2. The molecule has 1 aliphatic carbocycles. The lowest BCUT2D eigenvalue weighted by molar-refractivity contribution is 0.0942. The SMILES string of the molecule is CC(C)(C)c1cc(C(=O)NCCCCCCN2CCC3(CCc4ccccc43)CC2)n(Cc2ccccc2)n1. The molecule has 1 amide bonds. The number of likely N-dealkylation sites (tertiary alicyclic amines) is 1. The summed E-state index contributed by atoms with van der Waals surface area (Å²) in [4.78, 5) is 15.8. The number of fused-ring (bicyclic) bond motifs is 2. The van der Waals surface area contributed by atoms with Gasteiger partial charge in [0.2, 0.25) is 0 Å². The van der Waals surface area contributed by atoms with E-state index in [1.807, 2.05) is 28.9 Å². The summed E-state index contributed by atoms with van der Waals surface area (Å²) in [6.07, 6.45) is 9.88. The molecule has 1 aliphatic heterocycles. The summed E-state index contributed by atoms with van der Waals surface area (Å²) < 4.78 is 1.86. The summed E-state index contributed by atoms with van der Waals surface area (Å²) in [5.41, 5.74) is 6.33. The van der Waals surface area contributed by atoms with Gasteiger partial charge in [-0.05, 0) is 86.3 Å². The van der Waals surface area contributed by atoms with Crippen molar-refractivity contribution in [1.29, 1.82) is 0 Å². The number of carbonyl (C=O) groups excluding carboxylic acids is 1. The second-order valence-electron chi connectivity index (χ2n) is 12.8. The van der Waals surface area contributed by atoms with Crippen molar-refractivity contribution in [1.82, 2.24) is 20.0 Å². The predicted octanol–water partition coefficient (Wildman–Crippen LogP) is 6.50. The van der Waals surface area contributed by atoms with Crippen LogP contribution in [0.3, 0.4) is 0 Å². The first-order chi connectivity index (χ1) is 18.8. The number of nitrogens with zero attached hydrogens (tertiary/aromatic N) is 3. The molecule has 5 rings (SSSR count). The van der Waals surface area contributed by atoms with Crippen LogP contribution in [-0.4, -0.2) is 46.8 Å². The van der Waals surface area contributed by atoms with Crippen molar-refractivity contribution < 1.29 is 4.79 Å². The zero-order valence-corrected chi connectivity index (χ0v) is 24.2. The molecule has 5 heteroatoms. The smallest absolute Gasteiger partial charge is 0.269 e. The molecule has 0 unspecified atom stereocenters. The maximum absolute atomic E-state index is 13.1. The van der Waals surface area contributed by atoms with Gasteiger partial charge in [0.25, 0.3) is 5.91 Å². The molecule has 1 N–H and O–H groups in total. The molecule has 2 heterocycles. The molecule has 5 nitrogen and oxygen atoms in total. The van der Waals surface area contributed by atoms with Crippen LogP contribution in [0.15, 0.2) is 60.7 Å². The molecular weight excluding hydrogens is 480 g/mol. The number of nitrogens with one attached hydrogen (secondary N) is 1. The van der Waals surface area contributed by atoms with E-state index in [0.717, 1.165) is 24.1 Å². The zero-order chi connectivity index (χ0) is 27.3. The standard InChI is InChI=1S/C34H46N4O/c1-33(2,3)31-25-30(38(36-31)26-27-13-7-6-8-14-27)32(39)35-21-11-4-5-12-22-37-23-19-34(20-24-37)18-17-28-15-9-10-16-29(28)34/h6-10,13-16,25H,4-5,11-12,17-24,26H2,1-3H3,(H,35,39). The first-order valence-corrected chi connectivity index (χ1v) is 15.1. The van der Waals surface area contributed by atoms with Crippen molar-refractivity contribution >= 4 is 5.91 Å². The normalized spacial score (nSPS) is 16.9. The van der Waals surface area contributed by atoms with Crippen molar-refractivity contribution in [3.63, 3.8) is 0 Å². The van der Waals surface area contributed by atoms with Gasteiger partial charge in [-0.1, -0.05) is 88.2 Å². The number of aryl methyl sites for hydroxylation is 1. The first-order valence-electron chi connectivity index (χ1n) is 15.1. The second kappa shape index (κ2) is 12.1. The van der Waals surface area contributed by atoms with E-state index < -0.39 is 0 Å². The summed E-state index contributed by atoms with van der Waals surface area (Å²) in [6, 6.07) is 21.3. The van der Waals surface area contributed by atoms with E-state index in [2.05, 4.69) is 67.4 Å². The van der Waals surface area contributed by atoms with Gasteiger partial charge in [-0.15, -0.1) is 0 Å². The number of rotatable bonds is 10. The molecular formula is C34H46N4O. The molecule has 0 bridgehead atoms. The van der Waals surface area contributed by atoms with Crippen molar-refractivity contribution in [3.8, 4) is 0 Å². The number of hydrogen-bond acceptors (Lipinski definition) is 3. The van der Waals surface area contributed by atoms with Crippen LogP contribution in [0.1, 0.15) is 98.6 Å². The van der Waals surface area contributed by atoms with Gasteiger partial charge in [-0.3, -0.25) is 9.48 Å². The summed E-state index contributed by atoms with van der Waals surface area (Å²) in [5.74, 6) is -0.0235. The second-order valence-corrected chi connectivity index (χ2v) is 12.8. The van der Waals surface area contributed by atoms with Crippen LogP contribution in [0.5, 0.6) is 0 Å². The van der Waals surface area contributed by atoms with Crippen molar-refractivity contribution in [3.05, 3.63) is 88.7 Å². The highest BCUT2D eigenvalue weighted by Gasteiger charge is 2.40. The third-order valence-electron chi connectivity index (χ3n) is 8.92. The lowest BCUT2D eigenvalue weighted by Crippen LogP contribution is -2.41. The summed E-state index contributed by atoms with van der Waals surface area (Å²) in [5, 5.41) is 7.95. The van der Waals surface area contributed by atoms with Crippen molar-refractivity contribution in [2.45, 2.75) is 89.5 Å². The van der Waals surface area contributed by atoms with Crippen molar-refractivity contribution in [2.24, 2.45) is 0 Å². The Labute approximate surface area is 235 Å². The number of benzene rings is 2. The Morgan fingerprint density at radius 2 is 1.64 bits per heavy atom. The zero-order valence-electron chi connectivity index (χ0n) is 24.2. The molecule has 1 saturated heterocycles. The van der Waals surface area contributed by atoms with Gasteiger partial charge >= 0.3 is 0 Å². The van der Waals surface area contributed by atoms with Gasteiger partial charge in [0, 0.05) is 12.0 Å². The Morgan fingerprint density at radius 1 is 0.923 bits per heavy atom. The van der Waals surface area contributed by atoms with Crippen LogP contribution < -0.4 is 5.32 Å². The summed E-state index contributed by atoms with van der Waals surface area (Å²) in [7, 11) is 0. The van der Waals surface area contributed by atoms with Gasteiger partial charge in [0.15, 0.2) is 0 Å². The maximum atomic E-state index is 13.1. The van der Waals surface area contributed by atoms with E-state index in [4.69, 9.17) is 5.10 Å². The molecule has 0 radical (unpaired) electrons. The molecule has 1 aromatic heterocycles. The fourth-order valence-electron chi connectivity index (χ4n) is 6.44. The average Bonchev–Trinajstić information content (AvgIpc) is 3.52. The van der Waals surface area contributed by atoms with E-state index in [-0.39, 0.29) is 11.3 Å². The Morgan fingerprint density at radius 3 is 2.41 bits per heavy atom. The highest BCUT2D eigenvalue weighted by atomic mass is 16.2. The van der Waals surface area contributed by atoms with Crippen LogP contribution in [0.4, 0.5) is 0 Å². The third kappa shape index (κ3) is 6.63. The van der Waals surface area contributed by atoms with Crippen LogP contribution in [-0.2, 0) is 23.8 Å². The number of amides is 1. The molecule has 208 valence electrons. The Balaban J connectivity index is 1.02. The van der Waals surface area contributed by atoms with Gasteiger partial charge < -0.3 is 10.2 Å². The highest BCUT2D eigenvalue weighted by Crippen LogP contribution is 2.46.